The molecule has 1 N–H and O–H groups in total. The number of nitrogens with one attached hydrogen (secondary N) is 1. The van der Waals surface area contributed by atoms with Crippen molar-refractivity contribution in [2.75, 3.05) is 40.5 Å². The number of benzene rings is 3. The lowest BCUT2D eigenvalue weighted by atomic mass is 9.93. The quantitative estimate of drug-likeness (QED) is 0.244. The summed E-state index contributed by atoms with van der Waals surface area (Å²) in [6, 6.07) is 19.0. The molecule has 2 aliphatic rings. The largest absolute Gasteiger partial charge is 0.497 e. The van der Waals surface area contributed by atoms with Gasteiger partial charge in [0.15, 0.2) is 0 Å². The second kappa shape index (κ2) is 13.5. The molecule has 1 saturated carbocycles. The van der Waals surface area contributed by atoms with Crippen LogP contribution in [0.15, 0.2) is 66.2 Å². The fourth-order valence-electron chi connectivity index (χ4n) is 4.94. The first kappa shape index (κ1) is 29.1. The van der Waals surface area contributed by atoms with Crippen molar-refractivity contribution in [1.29, 1.82) is 0 Å². The van der Waals surface area contributed by atoms with E-state index >= 15 is 0 Å². The molecule has 0 aromatic heterocycles. The lowest BCUT2D eigenvalue weighted by molar-refractivity contribution is -0.128. The number of carbonyl (C=O) groups is 1. The van der Waals surface area contributed by atoms with Gasteiger partial charge in [-0.1, -0.05) is 35.3 Å². The maximum atomic E-state index is 14.0. The molecule has 0 saturated heterocycles. The van der Waals surface area contributed by atoms with Crippen LogP contribution in [0.4, 0.5) is 0 Å². The Morgan fingerprint density at radius 3 is 2.29 bits per heavy atom. The summed E-state index contributed by atoms with van der Waals surface area (Å²) in [5.41, 5.74) is 3.91. The van der Waals surface area contributed by atoms with E-state index in [1.807, 2.05) is 47.4 Å². The van der Waals surface area contributed by atoms with Crippen molar-refractivity contribution < 1.29 is 23.7 Å². The molecule has 0 radical (unpaired) electrons. The Morgan fingerprint density at radius 2 is 1.61 bits per heavy atom. The van der Waals surface area contributed by atoms with Crippen molar-refractivity contribution in [3.05, 3.63) is 87.4 Å². The third-order valence-corrected chi connectivity index (χ3v) is 7.74. The van der Waals surface area contributed by atoms with E-state index < -0.39 is 0 Å². The van der Waals surface area contributed by atoms with E-state index in [1.54, 1.807) is 32.4 Å². The van der Waals surface area contributed by atoms with Crippen LogP contribution >= 0.6 is 23.2 Å². The highest BCUT2D eigenvalue weighted by Crippen LogP contribution is 2.34. The number of hydrogen-bond acceptors (Lipinski definition) is 6. The summed E-state index contributed by atoms with van der Waals surface area (Å²) in [6.07, 6.45) is 2.81. The molecule has 0 unspecified atom stereocenters. The standard InChI is InChI=1S/C32H34Cl2N2O5/c1-38-26-15-21(16-27(18-26)39-2)20-36(24-6-7-24)32(37)29-19-35-12-11-28(29)22-3-8-25(9-4-22)40-13-14-41-31-17-23(33)5-10-30(31)34/h3-5,8-10,15-18,24,35H,6-7,11-14,19-20H2,1-2H3. The van der Waals surface area contributed by atoms with E-state index in [-0.39, 0.29) is 11.9 Å². The van der Waals surface area contributed by atoms with Gasteiger partial charge in [-0.05, 0) is 78.9 Å². The molecule has 9 heteroatoms. The third kappa shape index (κ3) is 7.47. The molecule has 3 aromatic rings. The average Bonchev–Trinajstić information content (AvgIpc) is 3.85. The van der Waals surface area contributed by atoms with Crippen LogP contribution in [0.2, 0.25) is 10.0 Å². The molecule has 1 amide bonds. The minimum atomic E-state index is 0.0774. The predicted octanol–water partition coefficient (Wildman–Crippen LogP) is 6.41. The van der Waals surface area contributed by atoms with Crippen LogP contribution in [0.5, 0.6) is 23.0 Å². The molecule has 1 aliphatic carbocycles. The van der Waals surface area contributed by atoms with Gasteiger partial charge in [0.1, 0.15) is 36.2 Å². The van der Waals surface area contributed by atoms with Gasteiger partial charge in [0.2, 0.25) is 0 Å². The van der Waals surface area contributed by atoms with Crippen molar-refractivity contribution in [2.45, 2.75) is 31.8 Å². The van der Waals surface area contributed by atoms with Gasteiger partial charge in [-0.2, -0.15) is 0 Å². The van der Waals surface area contributed by atoms with Gasteiger partial charge in [-0.3, -0.25) is 4.79 Å². The van der Waals surface area contributed by atoms with E-state index in [2.05, 4.69) is 5.32 Å². The molecule has 0 spiro atoms. The normalized spacial score (nSPS) is 14.9. The fourth-order valence-corrected chi connectivity index (χ4v) is 5.27. The number of carbonyl (C=O) groups excluding carboxylic acids is 1. The van der Waals surface area contributed by atoms with Gasteiger partial charge >= 0.3 is 0 Å². The number of ether oxygens (including phenoxy) is 4. The van der Waals surface area contributed by atoms with Crippen molar-refractivity contribution in [2.24, 2.45) is 0 Å². The van der Waals surface area contributed by atoms with Crippen LogP contribution in [0.25, 0.3) is 5.57 Å². The maximum Gasteiger partial charge on any atom is 0.251 e. The Morgan fingerprint density at radius 1 is 0.902 bits per heavy atom. The summed E-state index contributed by atoms with van der Waals surface area (Å²) in [5, 5.41) is 4.46. The smallest absolute Gasteiger partial charge is 0.251 e. The summed E-state index contributed by atoms with van der Waals surface area (Å²) in [7, 11) is 3.27. The van der Waals surface area contributed by atoms with Crippen LogP contribution in [-0.2, 0) is 11.3 Å². The van der Waals surface area contributed by atoms with Gasteiger partial charge in [0, 0.05) is 41.9 Å². The molecule has 1 heterocycles. The molecule has 216 valence electrons. The Labute approximate surface area is 250 Å². The first-order valence-corrected chi connectivity index (χ1v) is 14.5. The van der Waals surface area contributed by atoms with Crippen LogP contribution in [0.1, 0.15) is 30.4 Å². The first-order valence-electron chi connectivity index (χ1n) is 13.7. The lowest BCUT2D eigenvalue weighted by Gasteiger charge is -2.28. The zero-order valence-corrected chi connectivity index (χ0v) is 24.8. The summed E-state index contributed by atoms with van der Waals surface area (Å²) in [5.74, 6) is 2.75. The minimum absolute atomic E-state index is 0.0774. The number of halogens is 2. The highest BCUT2D eigenvalue weighted by molar-refractivity contribution is 6.34. The van der Waals surface area contributed by atoms with Gasteiger partial charge in [0.05, 0.1) is 19.2 Å². The summed E-state index contributed by atoms with van der Waals surface area (Å²) < 4.78 is 22.5. The highest BCUT2D eigenvalue weighted by Gasteiger charge is 2.35. The average molecular weight is 598 g/mol. The highest BCUT2D eigenvalue weighted by atomic mass is 35.5. The lowest BCUT2D eigenvalue weighted by Crippen LogP contribution is -2.39. The van der Waals surface area contributed by atoms with Crippen molar-refractivity contribution in [3.8, 4) is 23.0 Å². The molecule has 0 atom stereocenters. The Bertz CT molecular complexity index is 1380. The van der Waals surface area contributed by atoms with E-state index in [4.69, 9.17) is 42.1 Å². The van der Waals surface area contributed by atoms with Crippen LogP contribution in [-0.4, -0.2) is 57.4 Å². The summed E-state index contributed by atoms with van der Waals surface area (Å²) in [6.45, 7) is 2.55. The fraction of sp³-hybridized carbons (Fsp3) is 0.344. The zero-order chi connectivity index (χ0) is 28.8. The molecule has 1 fully saturated rings. The number of rotatable bonds is 12. The van der Waals surface area contributed by atoms with E-state index in [9.17, 15) is 4.79 Å². The maximum absolute atomic E-state index is 14.0. The molecule has 7 nitrogen and oxygen atoms in total. The van der Waals surface area contributed by atoms with Crippen molar-refractivity contribution in [1.82, 2.24) is 10.2 Å². The van der Waals surface area contributed by atoms with Gasteiger partial charge in [-0.15, -0.1) is 0 Å². The number of nitrogens with zero attached hydrogens (tertiary/aromatic N) is 1. The Hall–Kier alpha value is -3.39. The number of amides is 1. The molecule has 3 aromatic carbocycles. The molecule has 0 bridgehead atoms. The predicted molar refractivity (Wildman–Crippen MR) is 161 cm³/mol. The van der Waals surface area contributed by atoms with Gasteiger partial charge in [0.25, 0.3) is 5.91 Å². The summed E-state index contributed by atoms with van der Waals surface area (Å²) >= 11 is 12.2. The first-order chi connectivity index (χ1) is 19.9. The van der Waals surface area contributed by atoms with Crippen molar-refractivity contribution >= 4 is 34.7 Å². The summed E-state index contributed by atoms with van der Waals surface area (Å²) in [4.78, 5) is 16.0. The minimum Gasteiger partial charge on any atom is -0.497 e. The zero-order valence-electron chi connectivity index (χ0n) is 23.3. The van der Waals surface area contributed by atoms with Crippen molar-refractivity contribution in [3.63, 3.8) is 0 Å². The SMILES string of the molecule is COc1cc(CN(C(=O)C2=C(c3ccc(OCCOc4cc(Cl)ccc4Cl)cc3)CCNC2)C2CC2)cc(OC)c1. The van der Waals surface area contributed by atoms with Gasteiger partial charge < -0.3 is 29.2 Å². The van der Waals surface area contributed by atoms with Crippen LogP contribution in [0.3, 0.4) is 0 Å². The Balaban J connectivity index is 1.27. The molecule has 41 heavy (non-hydrogen) atoms. The van der Waals surface area contributed by atoms with Crippen LogP contribution in [0, 0.1) is 0 Å². The monoisotopic (exact) mass is 596 g/mol. The third-order valence-electron chi connectivity index (χ3n) is 7.19. The molecule has 5 rings (SSSR count). The molecular formula is C32H34Cl2N2O5. The topological polar surface area (TPSA) is 69.3 Å². The van der Waals surface area contributed by atoms with E-state index in [0.29, 0.717) is 53.6 Å². The number of hydrogen-bond donors (Lipinski definition) is 1. The molecular weight excluding hydrogens is 563 g/mol. The van der Waals surface area contributed by atoms with E-state index in [0.717, 1.165) is 53.8 Å². The second-order valence-electron chi connectivity index (χ2n) is 10.1. The second-order valence-corrected chi connectivity index (χ2v) is 10.9. The Kier molecular flexibility index (Phi) is 9.60. The number of methoxy groups -OCH3 is 2. The van der Waals surface area contributed by atoms with Crippen LogP contribution < -0.4 is 24.3 Å². The molecule has 1 aliphatic heterocycles. The van der Waals surface area contributed by atoms with E-state index in [1.165, 1.54) is 0 Å². The van der Waals surface area contributed by atoms with Gasteiger partial charge in [-0.25, -0.2) is 0 Å².